The number of rotatable bonds is 3. The van der Waals surface area contributed by atoms with Crippen molar-refractivity contribution in [3.63, 3.8) is 0 Å². The number of carbonyl (C=O) groups excluding carboxylic acids is 1. The largest absolute Gasteiger partial charge is 0.491 e. The van der Waals surface area contributed by atoms with E-state index < -0.39 is 11.9 Å². The lowest BCUT2D eigenvalue weighted by molar-refractivity contribution is -0.147. The number of amides is 1. The number of carbonyl (C=O) groups is 2. The van der Waals surface area contributed by atoms with Crippen molar-refractivity contribution in [2.75, 3.05) is 5.32 Å². The first-order chi connectivity index (χ1) is 7.49. The summed E-state index contributed by atoms with van der Waals surface area (Å²) in [7, 11) is 0. The molecule has 1 rings (SSSR count). The number of benzene rings is 1. The zero-order valence-corrected chi connectivity index (χ0v) is 9.06. The first-order valence-electron chi connectivity index (χ1n) is 4.80. The van der Waals surface area contributed by atoms with Crippen molar-refractivity contribution in [2.45, 2.75) is 20.0 Å². The van der Waals surface area contributed by atoms with Crippen molar-refractivity contribution in [3.8, 4) is 5.75 Å². The normalized spacial score (nSPS) is 9.94. The van der Waals surface area contributed by atoms with Gasteiger partial charge in [0.05, 0.1) is 6.10 Å². The minimum Gasteiger partial charge on any atom is -0.491 e. The molecule has 0 fully saturated rings. The zero-order valence-electron chi connectivity index (χ0n) is 9.06. The summed E-state index contributed by atoms with van der Waals surface area (Å²) >= 11 is 0. The van der Waals surface area contributed by atoms with Gasteiger partial charge in [0.2, 0.25) is 0 Å². The average Bonchev–Trinajstić information content (AvgIpc) is 2.20. The lowest BCUT2D eigenvalue weighted by atomic mass is 10.3. The Bertz CT molecular complexity index is 383. The van der Waals surface area contributed by atoms with Gasteiger partial charge in [0.1, 0.15) is 5.75 Å². The van der Waals surface area contributed by atoms with Crippen LogP contribution in [0.15, 0.2) is 24.3 Å². The predicted octanol–water partition coefficient (Wildman–Crippen LogP) is 1.50. The number of nitrogens with one attached hydrogen (secondary N) is 1. The van der Waals surface area contributed by atoms with Crippen molar-refractivity contribution >= 4 is 17.6 Å². The van der Waals surface area contributed by atoms with Crippen molar-refractivity contribution in [1.29, 1.82) is 0 Å². The van der Waals surface area contributed by atoms with E-state index in [1.165, 1.54) is 0 Å². The number of carboxylic acid groups (broad SMARTS) is 1. The fourth-order valence-corrected chi connectivity index (χ4v) is 1.07. The summed E-state index contributed by atoms with van der Waals surface area (Å²) in [6, 6.07) is 6.49. The van der Waals surface area contributed by atoms with E-state index in [-0.39, 0.29) is 6.10 Å². The van der Waals surface area contributed by atoms with Gasteiger partial charge in [-0.3, -0.25) is 4.79 Å². The predicted molar refractivity (Wildman–Crippen MR) is 58.5 cm³/mol. The highest BCUT2D eigenvalue weighted by molar-refractivity contribution is 6.36. The Hall–Kier alpha value is -2.04. The fraction of sp³-hybridized carbons (Fsp3) is 0.273. The summed E-state index contributed by atoms with van der Waals surface area (Å²) in [5.41, 5.74) is 0.420. The van der Waals surface area contributed by atoms with Crippen LogP contribution in [0.4, 0.5) is 5.69 Å². The van der Waals surface area contributed by atoms with E-state index in [9.17, 15) is 9.59 Å². The smallest absolute Gasteiger partial charge is 0.394 e. The van der Waals surface area contributed by atoms with Crippen LogP contribution in [0.3, 0.4) is 0 Å². The average molecular weight is 223 g/mol. The van der Waals surface area contributed by atoms with Crippen LogP contribution < -0.4 is 10.1 Å². The van der Waals surface area contributed by atoms with Gasteiger partial charge in [-0.15, -0.1) is 0 Å². The summed E-state index contributed by atoms with van der Waals surface area (Å²) < 4.78 is 5.39. The Morgan fingerprint density at radius 2 is 1.81 bits per heavy atom. The third-order valence-corrected chi connectivity index (χ3v) is 1.68. The topological polar surface area (TPSA) is 75.6 Å². The van der Waals surface area contributed by atoms with E-state index >= 15 is 0 Å². The number of ether oxygens (including phenoxy) is 1. The van der Waals surface area contributed by atoms with Crippen molar-refractivity contribution in [1.82, 2.24) is 0 Å². The molecule has 0 aromatic heterocycles. The third kappa shape index (κ3) is 3.61. The van der Waals surface area contributed by atoms with E-state index in [1.807, 2.05) is 13.8 Å². The van der Waals surface area contributed by atoms with Crippen LogP contribution in [0.25, 0.3) is 0 Å². The van der Waals surface area contributed by atoms with Crippen LogP contribution in [-0.4, -0.2) is 23.1 Å². The number of hydrogen-bond acceptors (Lipinski definition) is 3. The van der Waals surface area contributed by atoms with Gasteiger partial charge in [-0.05, 0) is 38.1 Å². The first kappa shape index (κ1) is 12.0. The van der Waals surface area contributed by atoms with Crippen LogP contribution in [0.1, 0.15) is 13.8 Å². The minimum absolute atomic E-state index is 0.0689. The highest BCUT2D eigenvalue weighted by Crippen LogP contribution is 2.16. The second-order valence-electron chi connectivity index (χ2n) is 3.45. The van der Waals surface area contributed by atoms with Gasteiger partial charge in [-0.2, -0.15) is 0 Å². The van der Waals surface area contributed by atoms with Crippen molar-refractivity contribution < 1.29 is 19.4 Å². The molecule has 5 nitrogen and oxygen atoms in total. The van der Waals surface area contributed by atoms with E-state index in [1.54, 1.807) is 24.3 Å². The molecule has 0 bridgehead atoms. The maximum absolute atomic E-state index is 10.8. The molecule has 0 heterocycles. The SMILES string of the molecule is CC(C)Oc1ccc(NC(=O)C(=O)O)cc1. The summed E-state index contributed by atoms with van der Waals surface area (Å²) in [4.78, 5) is 21.1. The maximum atomic E-state index is 10.8. The third-order valence-electron chi connectivity index (χ3n) is 1.68. The highest BCUT2D eigenvalue weighted by Gasteiger charge is 2.10. The molecule has 0 radical (unpaired) electrons. The van der Waals surface area contributed by atoms with Gasteiger partial charge < -0.3 is 15.2 Å². The van der Waals surface area contributed by atoms with Crippen LogP contribution in [-0.2, 0) is 9.59 Å². The molecule has 0 saturated carbocycles. The standard InChI is InChI=1S/C11H13NO4/c1-7(2)16-9-5-3-8(4-6-9)12-10(13)11(14)15/h3-7H,1-2H3,(H,12,13)(H,14,15). The molecule has 0 aliphatic rings. The van der Waals surface area contributed by atoms with Crippen molar-refractivity contribution in [3.05, 3.63) is 24.3 Å². The van der Waals surface area contributed by atoms with E-state index in [2.05, 4.69) is 5.32 Å². The molecule has 16 heavy (non-hydrogen) atoms. The minimum atomic E-state index is -1.51. The van der Waals surface area contributed by atoms with Crippen LogP contribution in [0.2, 0.25) is 0 Å². The summed E-state index contributed by atoms with van der Waals surface area (Å²) in [5.74, 6) is -1.90. The van der Waals surface area contributed by atoms with E-state index in [0.717, 1.165) is 0 Å². The van der Waals surface area contributed by atoms with Gasteiger partial charge in [-0.25, -0.2) is 4.79 Å². The number of aliphatic carboxylic acids is 1. The zero-order chi connectivity index (χ0) is 12.1. The molecule has 0 aliphatic carbocycles. The molecular weight excluding hydrogens is 210 g/mol. The molecular formula is C11H13NO4. The fourth-order valence-electron chi connectivity index (χ4n) is 1.07. The van der Waals surface area contributed by atoms with Crippen LogP contribution in [0.5, 0.6) is 5.75 Å². The molecule has 86 valence electrons. The van der Waals surface area contributed by atoms with Crippen molar-refractivity contribution in [2.24, 2.45) is 0 Å². The summed E-state index contributed by atoms with van der Waals surface area (Å²) in [5, 5.41) is 10.6. The Balaban J connectivity index is 2.64. The van der Waals surface area contributed by atoms with Crippen LogP contribution >= 0.6 is 0 Å². The molecule has 0 unspecified atom stereocenters. The van der Waals surface area contributed by atoms with E-state index in [0.29, 0.717) is 11.4 Å². The first-order valence-corrected chi connectivity index (χ1v) is 4.80. The molecule has 1 amide bonds. The number of carboxylic acids is 1. The Kier molecular flexibility index (Phi) is 3.88. The number of hydrogen-bond donors (Lipinski definition) is 2. The molecule has 2 N–H and O–H groups in total. The monoisotopic (exact) mass is 223 g/mol. The summed E-state index contributed by atoms with van der Waals surface area (Å²) in [6.07, 6.45) is 0.0689. The van der Waals surface area contributed by atoms with Gasteiger partial charge >= 0.3 is 11.9 Å². The Morgan fingerprint density at radius 1 is 1.25 bits per heavy atom. The number of anilines is 1. The molecule has 5 heteroatoms. The van der Waals surface area contributed by atoms with Gasteiger partial charge in [0, 0.05) is 5.69 Å². The van der Waals surface area contributed by atoms with Gasteiger partial charge in [0.25, 0.3) is 0 Å². The molecule has 0 atom stereocenters. The highest BCUT2D eigenvalue weighted by atomic mass is 16.5. The molecule has 1 aromatic carbocycles. The summed E-state index contributed by atoms with van der Waals surface area (Å²) in [6.45, 7) is 3.81. The lowest BCUT2D eigenvalue weighted by Crippen LogP contribution is -2.21. The van der Waals surface area contributed by atoms with E-state index in [4.69, 9.17) is 9.84 Å². The Morgan fingerprint density at radius 3 is 2.25 bits per heavy atom. The van der Waals surface area contributed by atoms with Gasteiger partial charge in [-0.1, -0.05) is 0 Å². The molecule has 1 aromatic rings. The van der Waals surface area contributed by atoms with Gasteiger partial charge in [0.15, 0.2) is 0 Å². The maximum Gasteiger partial charge on any atom is 0.394 e. The quantitative estimate of drug-likeness (QED) is 0.761. The molecule has 0 spiro atoms. The van der Waals surface area contributed by atoms with Crippen LogP contribution in [0, 0.1) is 0 Å². The second-order valence-corrected chi connectivity index (χ2v) is 3.45. The molecule has 0 aliphatic heterocycles. The lowest BCUT2D eigenvalue weighted by Gasteiger charge is -2.10. The second kappa shape index (κ2) is 5.16. The Labute approximate surface area is 93.0 Å². The molecule has 0 saturated heterocycles.